The Hall–Kier alpha value is -1.93. The Balaban J connectivity index is 0.00000161. The third kappa shape index (κ3) is 3.40. The molecule has 2 aromatic carbocycles. The standard InChI is InChI=1S/C16H13N3S.ClH/c17-10-12-5-3-4-11(8-12)9-13(18)16-19-14-6-1-2-7-15(14)20-16;/h1-8,13H,9,18H2;1H/t13-;/m0./s1. The highest BCUT2D eigenvalue weighted by Crippen LogP contribution is 2.27. The minimum absolute atomic E-state index is 0. The molecule has 0 bridgehead atoms. The Morgan fingerprint density at radius 3 is 2.76 bits per heavy atom. The molecule has 0 spiro atoms. The lowest BCUT2D eigenvalue weighted by atomic mass is 10.0. The summed E-state index contributed by atoms with van der Waals surface area (Å²) in [6, 6.07) is 17.6. The summed E-state index contributed by atoms with van der Waals surface area (Å²) in [7, 11) is 0. The van der Waals surface area contributed by atoms with Crippen molar-refractivity contribution >= 4 is 34.0 Å². The van der Waals surface area contributed by atoms with E-state index in [0.717, 1.165) is 20.8 Å². The number of hydrogen-bond acceptors (Lipinski definition) is 4. The summed E-state index contributed by atoms with van der Waals surface area (Å²) < 4.78 is 1.16. The van der Waals surface area contributed by atoms with Crippen molar-refractivity contribution in [3.8, 4) is 6.07 Å². The normalized spacial score (nSPS) is 11.6. The summed E-state index contributed by atoms with van der Waals surface area (Å²) in [6.45, 7) is 0. The van der Waals surface area contributed by atoms with Crippen molar-refractivity contribution in [3.05, 3.63) is 64.7 Å². The average Bonchev–Trinajstić information content (AvgIpc) is 2.91. The molecule has 0 saturated heterocycles. The highest BCUT2D eigenvalue weighted by Gasteiger charge is 2.12. The van der Waals surface area contributed by atoms with Gasteiger partial charge in [-0.2, -0.15) is 5.26 Å². The molecule has 2 N–H and O–H groups in total. The second-order valence-corrected chi connectivity index (χ2v) is 5.70. The fourth-order valence-corrected chi connectivity index (χ4v) is 3.13. The lowest BCUT2D eigenvalue weighted by molar-refractivity contribution is 0.717. The number of thiazole rings is 1. The number of nitrogens with zero attached hydrogens (tertiary/aromatic N) is 2. The molecule has 0 aliphatic heterocycles. The van der Waals surface area contributed by atoms with Crippen LogP contribution < -0.4 is 5.73 Å². The Labute approximate surface area is 133 Å². The van der Waals surface area contributed by atoms with Gasteiger partial charge >= 0.3 is 0 Å². The number of halogens is 1. The van der Waals surface area contributed by atoms with Crippen LogP contribution in [-0.4, -0.2) is 4.98 Å². The van der Waals surface area contributed by atoms with Crippen molar-refractivity contribution in [2.75, 3.05) is 0 Å². The molecule has 0 saturated carbocycles. The van der Waals surface area contributed by atoms with Crippen molar-refractivity contribution in [3.63, 3.8) is 0 Å². The van der Waals surface area contributed by atoms with Crippen molar-refractivity contribution in [1.29, 1.82) is 5.26 Å². The quantitative estimate of drug-likeness (QED) is 0.799. The van der Waals surface area contributed by atoms with Crippen molar-refractivity contribution in [1.82, 2.24) is 4.98 Å². The number of nitrogens with two attached hydrogens (primary N) is 1. The molecule has 106 valence electrons. The summed E-state index contributed by atoms with van der Waals surface area (Å²) in [5, 5.41) is 9.86. The fraction of sp³-hybridized carbons (Fsp3) is 0.125. The number of rotatable bonds is 3. The highest BCUT2D eigenvalue weighted by molar-refractivity contribution is 7.18. The molecule has 0 radical (unpaired) electrons. The van der Waals surface area contributed by atoms with E-state index in [4.69, 9.17) is 11.0 Å². The third-order valence-corrected chi connectivity index (χ3v) is 4.31. The molecule has 1 atom stereocenters. The number of para-hydroxylation sites is 1. The molecule has 0 aliphatic rings. The van der Waals surface area contributed by atoms with Crippen LogP contribution in [0.2, 0.25) is 0 Å². The van der Waals surface area contributed by atoms with Crippen LogP contribution in [-0.2, 0) is 6.42 Å². The zero-order valence-electron chi connectivity index (χ0n) is 11.2. The smallest absolute Gasteiger partial charge is 0.111 e. The van der Waals surface area contributed by atoms with Gasteiger partial charge in [-0.1, -0.05) is 24.3 Å². The van der Waals surface area contributed by atoms with Gasteiger partial charge in [0.15, 0.2) is 0 Å². The average molecular weight is 316 g/mol. The Kier molecular flexibility index (Phi) is 4.92. The summed E-state index contributed by atoms with van der Waals surface area (Å²) in [5.41, 5.74) is 8.97. The first kappa shape index (κ1) is 15.5. The molecular weight excluding hydrogens is 302 g/mol. The van der Waals surface area contributed by atoms with E-state index in [1.54, 1.807) is 17.4 Å². The Morgan fingerprint density at radius 1 is 1.19 bits per heavy atom. The second-order valence-electron chi connectivity index (χ2n) is 4.64. The van der Waals surface area contributed by atoms with Crippen LogP contribution in [0.3, 0.4) is 0 Å². The van der Waals surface area contributed by atoms with Crippen molar-refractivity contribution < 1.29 is 0 Å². The first-order valence-electron chi connectivity index (χ1n) is 6.36. The van der Waals surface area contributed by atoms with E-state index in [-0.39, 0.29) is 18.4 Å². The molecule has 1 heterocycles. The Morgan fingerprint density at radius 2 is 2.00 bits per heavy atom. The fourth-order valence-electron chi connectivity index (χ4n) is 2.16. The molecule has 0 fully saturated rings. The van der Waals surface area contributed by atoms with Gasteiger partial charge in [-0.3, -0.25) is 0 Å². The molecule has 21 heavy (non-hydrogen) atoms. The van der Waals surface area contributed by atoms with Crippen LogP contribution in [0.15, 0.2) is 48.5 Å². The van der Waals surface area contributed by atoms with Gasteiger partial charge in [-0.15, -0.1) is 23.7 Å². The van der Waals surface area contributed by atoms with Crippen LogP contribution in [0.25, 0.3) is 10.2 Å². The molecule has 0 unspecified atom stereocenters. The van der Waals surface area contributed by atoms with Gasteiger partial charge in [0.1, 0.15) is 5.01 Å². The van der Waals surface area contributed by atoms with Crippen molar-refractivity contribution in [2.24, 2.45) is 5.73 Å². The molecule has 0 amide bonds. The molecule has 3 nitrogen and oxygen atoms in total. The van der Waals surface area contributed by atoms with Gasteiger partial charge in [-0.05, 0) is 36.2 Å². The lowest BCUT2D eigenvalue weighted by Crippen LogP contribution is -2.13. The number of aromatic nitrogens is 1. The summed E-state index contributed by atoms with van der Waals surface area (Å²) in [6.07, 6.45) is 0.690. The maximum atomic E-state index is 8.92. The summed E-state index contributed by atoms with van der Waals surface area (Å²) >= 11 is 1.63. The van der Waals surface area contributed by atoms with Gasteiger partial charge in [0, 0.05) is 0 Å². The van der Waals surface area contributed by atoms with Crippen LogP contribution in [0.1, 0.15) is 22.2 Å². The molecule has 3 aromatic rings. The molecule has 5 heteroatoms. The van der Waals surface area contributed by atoms with E-state index >= 15 is 0 Å². The number of fused-ring (bicyclic) bond motifs is 1. The maximum Gasteiger partial charge on any atom is 0.111 e. The first-order chi connectivity index (χ1) is 9.76. The third-order valence-electron chi connectivity index (χ3n) is 3.14. The number of nitriles is 1. The van der Waals surface area contributed by atoms with Gasteiger partial charge in [-0.25, -0.2) is 4.98 Å². The largest absolute Gasteiger partial charge is 0.322 e. The van der Waals surface area contributed by atoms with Crippen molar-refractivity contribution in [2.45, 2.75) is 12.5 Å². The predicted molar refractivity (Wildman–Crippen MR) is 88.7 cm³/mol. The SMILES string of the molecule is Cl.N#Cc1cccc(C[C@H](N)c2nc3ccccc3s2)c1. The van der Waals surface area contributed by atoms with E-state index in [0.29, 0.717) is 12.0 Å². The minimum atomic E-state index is -0.138. The monoisotopic (exact) mass is 315 g/mol. The topological polar surface area (TPSA) is 62.7 Å². The molecule has 1 aromatic heterocycles. The van der Waals surface area contributed by atoms with Crippen LogP contribution in [0.4, 0.5) is 0 Å². The Bertz CT molecular complexity index is 758. The summed E-state index contributed by atoms with van der Waals surface area (Å²) in [4.78, 5) is 4.58. The van der Waals surface area contributed by atoms with Crippen LogP contribution >= 0.6 is 23.7 Å². The maximum absolute atomic E-state index is 8.92. The molecule has 3 rings (SSSR count). The minimum Gasteiger partial charge on any atom is -0.322 e. The van der Waals surface area contributed by atoms with Gasteiger partial charge in [0.05, 0.1) is 27.9 Å². The van der Waals surface area contributed by atoms with Gasteiger partial charge in [0.2, 0.25) is 0 Å². The zero-order valence-corrected chi connectivity index (χ0v) is 12.8. The van der Waals surface area contributed by atoms with Crippen LogP contribution in [0, 0.1) is 11.3 Å². The van der Waals surface area contributed by atoms with Gasteiger partial charge in [0.25, 0.3) is 0 Å². The second kappa shape index (κ2) is 6.68. The zero-order chi connectivity index (χ0) is 13.9. The summed E-state index contributed by atoms with van der Waals surface area (Å²) in [5.74, 6) is 0. The van der Waals surface area contributed by atoms with Crippen LogP contribution in [0.5, 0.6) is 0 Å². The van der Waals surface area contributed by atoms with E-state index in [1.807, 2.05) is 36.4 Å². The highest BCUT2D eigenvalue weighted by atomic mass is 35.5. The lowest BCUT2D eigenvalue weighted by Gasteiger charge is -2.08. The molecule has 0 aliphatic carbocycles. The predicted octanol–water partition coefficient (Wildman–Crippen LogP) is 3.83. The first-order valence-corrected chi connectivity index (χ1v) is 7.18. The van der Waals surface area contributed by atoms with E-state index in [1.165, 1.54) is 0 Å². The molecular formula is C16H14ClN3S. The van der Waals surface area contributed by atoms with E-state index in [9.17, 15) is 0 Å². The van der Waals surface area contributed by atoms with E-state index < -0.39 is 0 Å². The number of benzene rings is 2. The number of hydrogen-bond donors (Lipinski definition) is 1. The van der Waals surface area contributed by atoms with E-state index in [2.05, 4.69) is 17.1 Å². The van der Waals surface area contributed by atoms with Gasteiger partial charge < -0.3 is 5.73 Å².